The zero-order valence-corrected chi connectivity index (χ0v) is 19.1. The molecule has 0 radical (unpaired) electrons. The van der Waals surface area contributed by atoms with Gasteiger partial charge in [0, 0.05) is 42.0 Å². The number of nitrogens with zero attached hydrogens (tertiary/aromatic N) is 2. The number of ether oxygens (including phenoxy) is 1. The van der Waals surface area contributed by atoms with Crippen LogP contribution in [-0.2, 0) is 0 Å². The smallest absolute Gasteiger partial charge is 0.213 e. The molecular formula is C26H30F2N4O2. The van der Waals surface area contributed by atoms with Gasteiger partial charge >= 0.3 is 0 Å². The molecule has 0 unspecified atom stereocenters. The van der Waals surface area contributed by atoms with Crippen molar-refractivity contribution in [2.75, 3.05) is 13.7 Å². The molecule has 34 heavy (non-hydrogen) atoms. The Morgan fingerprint density at radius 3 is 2.74 bits per heavy atom. The van der Waals surface area contributed by atoms with Gasteiger partial charge in [0.25, 0.3) is 0 Å². The van der Waals surface area contributed by atoms with Gasteiger partial charge in [-0.15, -0.1) is 0 Å². The summed E-state index contributed by atoms with van der Waals surface area (Å²) in [5.41, 5.74) is 8.69. The number of nitrogens with two attached hydrogens (primary N) is 1. The number of hydrogen-bond acceptors (Lipinski definition) is 6. The van der Waals surface area contributed by atoms with E-state index in [4.69, 9.17) is 10.5 Å². The molecule has 2 atom stereocenters. The lowest BCUT2D eigenvalue weighted by molar-refractivity contribution is 0.101. The normalized spacial score (nSPS) is 20.5. The maximum absolute atomic E-state index is 13.7. The predicted octanol–water partition coefficient (Wildman–Crippen LogP) is 4.14. The first kappa shape index (κ1) is 24.2. The van der Waals surface area contributed by atoms with Gasteiger partial charge in [-0.05, 0) is 61.9 Å². The van der Waals surface area contributed by atoms with E-state index < -0.39 is 23.8 Å². The Bertz CT molecular complexity index is 1150. The molecule has 0 amide bonds. The van der Waals surface area contributed by atoms with E-state index >= 15 is 0 Å². The Hall–Kier alpha value is -2.94. The van der Waals surface area contributed by atoms with Crippen molar-refractivity contribution in [3.8, 4) is 5.88 Å². The maximum atomic E-state index is 13.7. The lowest BCUT2D eigenvalue weighted by Crippen LogP contribution is -2.41. The number of methoxy groups -OCH3 is 1. The summed E-state index contributed by atoms with van der Waals surface area (Å²) >= 11 is 0. The van der Waals surface area contributed by atoms with Crippen molar-refractivity contribution in [3.63, 3.8) is 0 Å². The standard InChI is InChI=1S/C26H30F2N4O2/c1-34-23-11-10-22-25(32-23)20(12-14-31-22)26(33)24(29)16-4-7-19(8-5-16)30-13-2-3-17-15-18(27)6-9-21(17)28/h2-3,6,9-12,14-16,19,24,26,30,33H,4-5,7-8,13,29H2,1H3/t16?,19?,24-,26+/m0/s1. The molecular weight excluding hydrogens is 438 g/mol. The average Bonchev–Trinajstić information content (AvgIpc) is 2.87. The van der Waals surface area contributed by atoms with Crippen molar-refractivity contribution in [1.29, 1.82) is 0 Å². The molecule has 6 nitrogen and oxygen atoms in total. The first-order valence-electron chi connectivity index (χ1n) is 11.5. The van der Waals surface area contributed by atoms with Crippen LogP contribution in [0.3, 0.4) is 0 Å². The molecule has 4 N–H and O–H groups in total. The Balaban J connectivity index is 1.31. The number of halogens is 2. The van der Waals surface area contributed by atoms with Gasteiger partial charge in [-0.3, -0.25) is 4.98 Å². The van der Waals surface area contributed by atoms with E-state index in [2.05, 4.69) is 15.3 Å². The van der Waals surface area contributed by atoms with Gasteiger partial charge in [0.15, 0.2) is 0 Å². The molecule has 4 rings (SSSR count). The van der Waals surface area contributed by atoms with Gasteiger partial charge in [0.05, 0.1) is 24.2 Å². The van der Waals surface area contributed by atoms with Gasteiger partial charge in [-0.1, -0.05) is 12.2 Å². The average molecular weight is 469 g/mol. The molecule has 0 spiro atoms. The second kappa shape index (κ2) is 11.0. The van der Waals surface area contributed by atoms with E-state index in [-0.39, 0.29) is 11.5 Å². The van der Waals surface area contributed by atoms with Crippen LogP contribution in [-0.4, -0.2) is 40.8 Å². The second-order valence-corrected chi connectivity index (χ2v) is 8.73. The van der Waals surface area contributed by atoms with Gasteiger partial charge < -0.3 is 20.9 Å². The molecule has 1 aromatic carbocycles. The molecule has 1 aliphatic carbocycles. The summed E-state index contributed by atoms with van der Waals surface area (Å²) in [6.07, 6.45) is 7.82. The fraction of sp³-hybridized carbons (Fsp3) is 0.385. The fourth-order valence-corrected chi connectivity index (χ4v) is 4.62. The minimum Gasteiger partial charge on any atom is -0.481 e. The van der Waals surface area contributed by atoms with Crippen molar-refractivity contribution >= 4 is 17.1 Å². The third-order valence-corrected chi connectivity index (χ3v) is 6.58. The topological polar surface area (TPSA) is 93.3 Å². The monoisotopic (exact) mass is 468 g/mol. The summed E-state index contributed by atoms with van der Waals surface area (Å²) in [5.74, 6) is -0.260. The number of aliphatic hydroxyl groups is 1. The van der Waals surface area contributed by atoms with Gasteiger partial charge in [0.2, 0.25) is 5.88 Å². The molecule has 2 heterocycles. The van der Waals surface area contributed by atoms with Crippen LogP contribution in [0.4, 0.5) is 8.78 Å². The van der Waals surface area contributed by atoms with Crippen molar-refractivity contribution in [1.82, 2.24) is 15.3 Å². The summed E-state index contributed by atoms with van der Waals surface area (Å²) in [7, 11) is 1.55. The zero-order chi connectivity index (χ0) is 24.1. The molecule has 2 aromatic heterocycles. The Morgan fingerprint density at radius 2 is 1.97 bits per heavy atom. The zero-order valence-electron chi connectivity index (χ0n) is 19.1. The third kappa shape index (κ3) is 5.58. The number of aromatic nitrogens is 2. The second-order valence-electron chi connectivity index (χ2n) is 8.73. The largest absolute Gasteiger partial charge is 0.481 e. The highest BCUT2D eigenvalue weighted by atomic mass is 19.1. The van der Waals surface area contributed by atoms with Crippen LogP contribution >= 0.6 is 0 Å². The minimum atomic E-state index is -0.858. The SMILES string of the molecule is COc1ccc2nccc([C@@H](O)[C@@H](N)C3CCC(NCC=Cc4cc(F)ccc4F)CC3)c2n1. The van der Waals surface area contributed by atoms with Crippen LogP contribution in [0.2, 0.25) is 0 Å². The lowest BCUT2D eigenvalue weighted by Gasteiger charge is -2.34. The summed E-state index contributed by atoms with van der Waals surface area (Å²) in [5, 5.41) is 14.5. The molecule has 0 aliphatic heterocycles. The van der Waals surface area contributed by atoms with E-state index in [0.29, 0.717) is 35.1 Å². The van der Waals surface area contributed by atoms with Crippen LogP contribution < -0.4 is 15.8 Å². The van der Waals surface area contributed by atoms with Crippen molar-refractivity contribution in [2.24, 2.45) is 11.7 Å². The van der Waals surface area contributed by atoms with E-state index in [9.17, 15) is 13.9 Å². The highest BCUT2D eigenvalue weighted by Crippen LogP contribution is 2.33. The minimum absolute atomic E-state index is 0.179. The molecule has 1 saturated carbocycles. The Labute approximate surface area is 197 Å². The first-order chi connectivity index (χ1) is 16.5. The van der Waals surface area contributed by atoms with Gasteiger partial charge in [-0.25, -0.2) is 13.8 Å². The first-order valence-corrected chi connectivity index (χ1v) is 11.5. The summed E-state index contributed by atoms with van der Waals surface area (Å²) in [4.78, 5) is 8.79. The number of hydrogen-bond donors (Lipinski definition) is 3. The van der Waals surface area contributed by atoms with Crippen LogP contribution in [0.1, 0.15) is 42.9 Å². The Kier molecular flexibility index (Phi) is 7.82. The predicted molar refractivity (Wildman–Crippen MR) is 128 cm³/mol. The van der Waals surface area contributed by atoms with Crippen LogP contribution in [0, 0.1) is 17.6 Å². The summed E-state index contributed by atoms with van der Waals surface area (Å²) < 4.78 is 32.2. The number of pyridine rings is 2. The number of aliphatic hydroxyl groups excluding tert-OH is 1. The van der Waals surface area contributed by atoms with Crippen LogP contribution in [0.15, 0.2) is 48.7 Å². The molecule has 0 saturated heterocycles. The number of nitrogens with one attached hydrogen (secondary N) is 1. The third-order valence-electron chi connectivity index (χ3n) is 6.58. The maximum Gasteiger partial charge on any atom is 0.213 e. The van der Waals surface area contributed by atoms with Crippen LogP contribution in [0.25, 0.3) is 17.1 Å². The summed E-state index contributed by atoms with van der Waals surface area (Å²) in [6.45, 7) is 0.566. The Morgan fingerprint density at radius 1 is 1.18 bits per heavy atom. The summed E-state index contributed by atoms with van der Waals surface area (Å²) in [6, 6.07) is 8.63. The van der Waals surface area contributed by atoms with Gasteiger partial charge in [-0.2, -0.15) is 0 Å². The van der Waals surface area contributed by atoms with Crippen molar-refractivity contribution in [3.05, 3.63) is 71.4 Å². The molecule has 3 aromatic rings. The van der Waals surface area contributed by atoms with E-state index in [0.717, 1.165) is 37.8 Å². The molecule has 1 aliphatic rings. The highest BCUT2D eigenvalue weighted by molar-refractivity contribution is 5.78. The number of rotatable bonds is 8. The van der Waals surface area contributed by atoms with Gasteiger partial charge in [0.1, 0.15) is 11.6 Å². The van der Waals surface area contributed by atoms with E-state index in [1.807, 2.05) is 6.07 Å². The molecule has 8 heteroatoms. The lowest BCUT2D eigenvalue weighted by atomic mass is 9.79. The van der Waals surface area contributed by atoms with E-state index in [1.165, 1.54) is 6.07 Å². The number of benzene rings is 1. The molecule has 0 bridgehead atoms. The quantitative estimate of drug-likeness (QED) is 0.460. The number of fused-ring (bicyclic) bond motifs is 1. The highest BCUT2D eigenvalue weighted by Gasteiger charge is 2.31. The molecule has 180 valence electrons. The fourth-order valence-electron chi connectivity index (χ4n) is 4.62. The van der Waals surface area contributed by atoms with E-state index in [1.54, 1.807) is 37.6 Å². The van der Waals surface area contributed by atoms with Crippen molar-refractivity contribution in [2.45, 2.75) is 43.9 Å². The molecule has 1 fully saturated rings. The van der Waals surface area contributed by atoms with Crippen molar-refractivity contribution < 1.29 is 18.6 Å². The van der Waals surface area contributed by atoms with Crippen LogP contribution in [0.5, 0.6) is 5.88 Å².